The molecule has 92 valence electrons. The van der Waals surface area contributed by atoms with Gasteiger partial charge < -0.3 is 20.7 Å². The highest BCUT2D eigenvalue weighted by Gasteiger charge is 2.20. The zero-order valence-electron chi connectivity index (χ0n) is 9.57. The van der Waals surface area contributed by atoms with E-state index in [1.807, 2.05) is 0 Å². The minimum Gasteiger partial charge on any atom is -0.465 e. The Morgan fingerprint density at radius 3 is 2.62 bits per heavy atom. The van der Waals surface area contributed by atoms with Crippen LogP contribution in [0.25, 0.3) is 0 Å². The van der Waals surface area contributed by atoms with E-state index in [2.05, 4.69) is 5.32 Å². The van der Waals surface area contributed by atoms with Gasteiger partial charge >= 0.3 is 12.0 Å². The number of piperidine rings is 1. The van der Waals surface area contributed by atoms with E-state index < -0.39 is 5.97 Å². The van der Waals surface area contributed by atoms with E-state index in [1.54, 1.807) is 11.8 Å². The van der Waals surface area contributed by atoms with Crippen molar-refractivity contribution >= 4 is 12.0 Å². The summed E-state index contributed by atoms with van der Waals surface area (Å²) in [6.07, 6.45) is 1.62. The Kier molecular flexibility index (Phi) is 5.04. The Hall–Kier alpha value is -1.30. The SMILES string of the molecule is CCOC(=O)CNC(=O)N1CCC(N)CC1. The molecule has 16 heavy (non-hydrogen) atoms. The average Bonchev–Trinajstić information content (AvgIpc) is 2.27. The maximum absolute atomic E-state index is 11.6. The highest BCUT2D eigenvalue weighted by Crippen LogP contribution is 2.07. The highest BCUT2D eigenvalue weighted by atomic mass is 16.5. The second-order valence-corrected chi connectivity index (χ2v) is 3.79. The molecule has 0 saturated carbocycles. The van der Waals surface area contributed by atoms with Crippen molar-refractivity contribution in [2.75, 3.05) is 26.2 Å². The summed E-state index contributed by atoms with van der Waals surface area (Å²) in [6, 6.07) is -0.0333. The molecule has 0 bridgehead atoms. The third kappa shape index (κ3) is 4.06. The lowest BCUT2D eigenvalue weighted by atomic mass is 10.1. The highest BCUT2D eigenvalue weighted by molar-refractivity contribution is 5.80. The number of rotatable bonds is 3. The monoisotopic (exact) mass is 229 g/mol. The molecule has 1 saturated heterocycles. The van der Waals surface area contributed by atoms with Gasteiger partial charge in [0.2, 0.25) is 0 Å². The first-order valence-corrected chi connectivity index (χ1v) is 5.57. The van der Waals surface area contributed by atoms with Crippen molar-refractivity contribution in [3.05, 3.63) is 0 Å². The maximum Gasteiger partial charge on any atom is 0.325 e. The van der Waals surface area contributed by atoms with E-state index in [4.69, 9.17) is 10.5 Å². The predicted octanol–water partition coefficient (Wildman–Crippen LogP) is -0.318. The van der Waals surface area contributed by atoms with E-state index in [0.29, 0.717) is 19.7 Å². The molecule has 0 spiro atoms. The fourth-order valence-corrected chi connectivity index (χ4v) is 1.57. The van der Waals surface area contributed by atoms with Gasteiger partial charge in [-0.25, -0.2) is 4.79 Å². The first-order chi connectivity index (χ1) is 7.63. The van der Waals surface area contributed by atoms with Crippen LogP contribution in [0, 0.1) is 0 Å². The Morgan fingerprint density at radius 1 is 1.44 bits per heavy atom. The van der Waals surface area contributed by atoms with Crippen LogP contribution >= 0.6 is 0 Å². The van der Waals surface area contributed by atoms with E-state index in [-0.39, 0.29) is 18.6 Å². The van der Waals surface area contributed by atoms with Crippen molar-refractivity contribution in [1.29, 1.82) is 0 Å². The summed E-state index contributed by atoms with van der Waals surface area (Å²) in [6.45, 7) is 3.28. The van der Waals surface area contributed by atoms with E-state index in [0.717, 1.165) is 12.8 Å². The van der Waals surface area contributed by atoms with Gasteiger partial charge in [0.1, 0.15) is 6.54 Å². The van der Waals surface area contributed by atoms with Crippen LogP contribution < -0.4 is 11.1 Å². The molecule has 0 aromatic rings. The molecule has 0 radical (unpaired) electrons. The summed E-state index contributed by atoms with van der Waals surface area (Å²) < 4.78 is 4.70. The standard InChI is InChI=1S/C10H19N3O3/c1-2-16-9(14)7-12-10(15)13-5-3-8(11)4-6-13/h8H,2-7,11H2,1H3,(H,12,15). The number of hydrogen-bond donors (Lipinski definition) is 2. The lowest BCUT2D eigenvalue weighted by Gasteiger charge is -2.30. The van der Waals surface area contributed by atoms with Crippen molar-refractivity contribution in [3.63, 3.8) is 0 Å². The van der Waals surface area contributed by atoms with Gasteiger partial charge in [0.05, 0.1) is 6.61 Å². The number of ether oxygens (including phenoxy) is 1. The molecular formula is C10H19N3O3. The summed E-state index contributed by atoms with van der Waals surface area (Å²) in [4.78, 5) is 24.3. The minimum absolute atomic E-state index is 0.0742. The number of carbonyl (C=O) groups is 2. The van der Waals surface area contributed by atoms with Crippen molar-refractivity contribution in [1.82, 2.24) is 10.2 Å². The second-order valence-electron chi connectivity index (χ2n) is 3.79. The fourth-order valence-electron chi connectivity index (χ4n) is 1.57. The number of likely N-dealkylation sites (tertiary alicyclic amines) is 1. The average molecular weight is 229 g/mol. The number of esters is 1. The van der Waals surface area contributed by atoms with Crippen LogP contribution in [0.3, 0.4) is 0 Å². The smallest absolute Gasteiger partial charge is 0.325 e. The maximum atomic E-state index is 11.6. The summed E-state index contributed by atoms with van der Waals surface area (Å²) in [7, 11) is 0. The molecule has 1 fully saturated rings. The molecule has 1 rings (SSSR count). The zero-order valence-corrected chi connectivity index (χ0v) is 9.57. The molecule has 1 heterocycles. The first-order valence-electron chi connectivity index (χ1n) is 5.57. The van der Waals surface area contributed by atoms with Crippen molar-refractivity contribution in [2.24, 2.45) is 5.73 Å². The van der Waals surface area contributed by atoms with Gasteiger partial charge in [-0.05, 0) is 19.8 Å². The Labute approximate surface area is 95.1 Å². The summed E-state index contributed by atoms with van der Waals surface area (Å²) in [5, 5.41) is 2.52. The predicted molar refractivity (Wildman–Crippen MR) is 58.8 cm³/mol. The third-order valence-corrected chi connectivity index (χ3v) is 2.52. The lowest BCUT2D eigenvalue weighted by Crippen LogP contribution is -2.48. The molecule has 6 heteroatoms. The van der Waals surface area contributed by atoms with Gasteiger partial charge in [-0.1, -0.05) is 0 Å². The Balaban J connectivity index is 2.22. The number of amides is 2. The number of nitrogens with zero attached hydrogens (tertiary/aromatic N) is 1. The molecule has 0 aromatic heterocycles. The van der Waals surface area contributed by atoms with Crippen molar-refractivity contribution in [3.8, 4) is 0 Å². The molecule has 3 N–H and O–H groups in total. The van der Waals surface area contributed by atoms with Gasteiger partial charge in [0.15, 0.2) is 0 Å². The zero-order chi connectivity index (χ0) is 12.0. The van der Waals surface area contributed by atoms with Crippen LogP contribution in [-0.2, 0) is 9.53 Å². The molecule has 1 aliphatic heterocycles. The molecular weight excluding hydrogens is 210 g/mol. The largest absolute Gasteiger partial charge is 0.465 e. The van der Waals surface area contributed by atoms with Crippen LogP contribution in [0.1, 0.15) is 19.8 Å². The quantitative estimate of drug-likeness (QED) is 0.650. The minimum atomic E-state index is -0.412. The topological polar surface area (TPSA) is 84.7 Å². The first kappa shape index (κ1) is 12.8. The normalized spacial score (nSPS) is 17.0. The van der Waals surface area contributed by atoms with Crippen LogP contribution in [-0.4, -0.2) is 49.2 Å². The number of carbonyl (C=O) groups excluding carboxylic acids is 2. The Bertz CT molecular complexity index is 250. The van der Waals surface area contributed by atoms with Gasteiger partial charge in [-0.3, -0.25) is 4.79 Å². The van der Waals surface area contributed by atoms with Crippen molar-refractivity contribution in [2.45, 2.75) is 25.8 Å². The van der Waals surface area contributed by atoms with Gasteiger partial charge in [-0.15, -0.1) is 0 Å². The third-order valence-electron chi connectivity index (χ3n) is 2.52. The molecule has 1 aliphatic rings. The van der Waals surface area contributed by atoms with E-state index in [1.165, 1.54) is 0 Å². The summed E-state index contributed by atoms with van der Waals surface area (Å²) >= 11 is 0. The lowest BCUT2D eigenvalue weighted by molar-refractivity contribution is -0.141. The van der Waals surface area contributed by atoms with Gasteiger partial charge in [0.25, 0.3) is 0 Å². The number of nitrogens with two attached hydrogens (primary N) is 1. The van der Waals surface area contributed by atoms with Crippen LogP contribution in [0.15, 0.2) is 0 Å². The van der Waals surface area contributed by atoms with Crippen LogP contribution in [0.4, 0.5) is 4.79 Å². The van der Waals surface area contributed by atoms with E-state index in [9.17, 15) is 9.59 Å². The van der Waals surface area contributed by atoms with Gasteiger partial charge in [0, 0.05) is 19.1 Å². The molecule has 0 unspecified atom stereocenters. The van der Waals surface area contributed by atoms with Crippen molar-refractivity contribution < 1.29 is 14.3 Å². The number of urea groups is 1. The Morgan fingerprint density at radius 2 is 2.06 bits per heavy atom. The molecule has 0 aliphatic carbocycles. The summed E-state index contributed by atoms with van der Waals surface area (Å²) in [5.74, 6) is -0.412. The van der Waals surface area contributed by atoms with Gasteiger partial charge in [-0.2, -0.15) is 0 Å². The van der Waals surface area contributed by atoms with Crippen LogP contribution in [0.2, 0.25) is 0 Å². The molecule has 0 aromatic carbocycles. The molecule has 2 amide bonds. The van der Waals surface area contributed by atoms with Crippen LogP contribution in [0.5, 0.6) is 0 Å². The van der Waals surface area contributed by atoms with E-state index >= 15 is 0 Å². The second kappa shape index (κ2) is 6.32. The molecule has 6 nitrogen and oxygen atoms in total. The summed E-state index contributed by atoms with van der Waals surface area (Å²) in [5.41, 5.74) is 5.73. The molecule has 0 atom stereocenters. The number of hydrogen-bond acceptors (Lipinski definition) is 4. The fraction of sp³-hybridized carbons (Fsp3) is 0.800. The number of nitrogens with one attached hydrogen (secondary N) is 1.